The Kier molecular flexibility index (Phi) is 5.88. The van der Waals surface area contributed by atoms with E-state index >= 15 is 0 Å². The first-order chi connectivity index (χ1) is 12.2. The van der Waals surface area contributed by atoms with Gasteiger partial charge in [0, 0.05) is 0 Å². The highest BCUT2D eigenvalue weighted by molar-refractivity contribution is 9.10. The zero-order valence-electron chi connectivity index (χ0n) is 14.0. The van der Waals surface area contributed by atoms with Gasteiger partial charge in [0.25, 0.3) is 0 Å². The minimum atomic E-state index is 0.567. The summed E-state index contributed by atoms with van der Waals surface area (Å²) in [7, 11) is 0. The average molecular weight is 420 g/mol. The first-order valence-electron chi connectivity index (χ1n) is 7.95. The van der Waals surface area contributed by atoms with E-state index in [-0.39, 0.29) is 0 Å². The predicted molar refractivity (Wildman–Crippen MR) is 107 cm³/mol. The number of nitrogens with one attached hydrogen (secondary N) is 1. The summed E-state index contributed by atoms with van der Waals surface area (Å²) in [5.41, 5.74) is 4.84. The van der Waals surface area contributed by atoms with Gasteiger partial charge in [-0.2, -0.15) is 5.10 Å². The Morgan fingerprint density at radius 3 is 2.76 bits per heavy atom. The lowest BCUT2D eigenvalue weighted by molar-refractivity contribution is 0.286. The fourth-order valence-electron chi connectivity index (χ4n) is 2.29. The second kappa shape index (κ2) is 8.31. The predicted octanol–water partition coefficient (Wildman–Crippen LogP) is 5.30. The molecule has 0 aliphatic rings. The van der Waals surface area contributed by atoms with E-state index in [2.05, 4.69) is 31.4 Å². The second-order valence-electron chi connectivity index (χ2n) is 5.05. The Morgan fingerprint density at radius 2 is 2.00 bits per heavy atom. The lowest BCUT2D eigenvalue weighted by atomic mass is 10.2. The van der Waals surface area contributed by atoms with E-state index < -0.39 is 0 Å². The van der Waals surface area contributed by atoms with Gasteiger partial charge in [0.05, 0.1) is 34.1 Å². The number of thiazole rings is 1. The normalized spacial score (nSPS) is 11.2. The van der Waals surface area contributed by atoms with Crippen LogP contribution in [-0.4, -0.2) is 24.4 Å². The number of hydrogen-bond donors (Lipinski definition) is 1. The van der Waals surface area contributed by atoms with Gasteiger partial charge in [0.15, 0.2) is 11.5 Å². The third-order valence-electron chi connectivity index (χ3n) is 3.29. The van der Waals surface area contributed by atoms with Crippen molar-refractivity contribution in [3.8, 4) is 11.5 Å². The maximum atomic E-state index is 5.67. The van der Waals surface area contributed by atoms with E-state index in [1.807, 2.05) is 50.2 Å². The zero-order chi connectivity index (χ0) is 17.6. The molecule has 0 saturated heterocycles. The van der Waals surface area contributed by atoms with Gasteiger partial charge in [-0.15, -0.1) is 0 Å². The summed E-state index contributed by atoms with van der Waals surface area (Å²) >= 11 is 5.10. The molecule has 1 aromatic heterocycles. The van der Waals surface area contributed by atoms with E-state index in [1.54, 1.807) is 17.6 Å². The van der Waals surface area contributed by atoms with E-state index in [9.17, 15) is 0 Å². The molecule has 0 aliphatic heterocycles. The van der Waals surface area contributed by atoms with Crippen molar-refractivity contribution >= 4 is 48.8 Å². The molecule has 0 atom stereocenters. The number of ether oxygens (including phenoxy) is 2. The minimum Gasteiger partial charge on any atom is -0.490 e. The van der Waals surface area contributed by atoms with Crippen molar-refractivity contribution in [2.75, 3.05) is 18.6 Å². The number of nitrogens with zero attached hydrogens (tertiary/aromatic N) is 2. The molecule has 0 amide bonds. The van der Waals surface area contributed by atoms with Crippen molar-refractivity contribution in [2.45, 2.75) is 13.8 Å². The second-order valence-corrected chi connectivity index (χ2v) is 6.94. The smallest absolute Gasteiger partial charge is 0.204 e. The Morgan fingerprint density at radius 1 is 1.20 bits per heavy atom. The summed E-state index contributed by atoms with van der Waals surface area (Å²) < 4.78 is 13.3. The van der Waals surface area contributed by atoms with Gasteiger partial charge in [-0.3, -0.25) is 5.43 Å². The van der Waals surface area contributed by atoms with Crippen LogP contribution in [0.15, 0.2) is 46.0 Å². The standard InChI is InChI=1S/C18H18BrN3O2S/c1-3-23-15-10-12(9-13(19)17(15)24-4-2)11-20-22-18-21-14-7-5-6-8-16(14)25-18/h5-11H,3-4H2,1-2H3,(H,21,22)/b20-11-. The Bertz CT molecular complexity index is 862. The van der Waals surface area contributed by atoms with Gasteiger partial charge in [-0.1, -0.05) is 23.5 Å². The van der Waals surface area contributed by atoms with Gasteiger partial charge in [0.2, 0.25) is 5.13 Å². The molecule has 130 valence electrons. The fraction of sp³-hybridized carbons (Fsp3) is 0.222. The summed E-state index contributed by atoms with van der Waals surface area (Å²) in [4.78, 5) is 4.49. The molecule has 5 nitrogen and oxygen atoms in total. The van der Waals surface area contributed by atoms with Crippen LogP contribution in [0.5, 0.6) is 11.5 Å². The number of para-hydroxylation sites is 1. The highest BCUT2D eigenvalue weighted by Gasteiger charge is 2.11. The summed E-state index contributed by atoms with van der Waals surface area (Å²) in [6.07, 6.45) is 1.73. The van der Waals surface area contributed by atoms with E-state index in [0.717, 1.165) is 25.4 Å². The molecule has 3 rings (SSSR count). The third-order valence-corrected chi connectivity index (χ3v) is 4.82. The molecular weight excluding hydrogens is 402 g/mol. The van der Waals surface area contributed by atoms with Crippen LogP contribution < -0.4 is 14.9 Å². The molecule has 7 heteroatoms. The summed E-state index contributed by atoms with van der Waals surface area (Å²) in [5, 5.41) is 5.04. The van der Waals surface area contributed by atoms with E-state index in [4.69, 9.17) is 9.47 Å². The number of halogens is 1. The lowest BCUT2D eigenvalue weighted by Crippen LogP contribution is -2.00. The van der Waals surface area contributed by atoms with Crippen LogP contribution >= 0.6 is 27.3 Å². The van der Waals surface area contributed by atoms with Crippen LogP contribution in [0.2, 0.25) is 0 Å². The molecule has 0 bridgehead atoms. The highest BCUT2D eigenvalue weighted by Crippen LogP contribution is 2.36. The van der Waals surface area contributed by atoms with Crippen molar-refractivity contribution in [3.63, 3.8) is 0 Å². The minimum absolute atomic E-state index is 0.567. The number of hydrazone groups is 1. The van der Waals surface area contributed by atoms with Crippen LogP contribution in [0, 0.1) is 0 Å². The number of anilines is 1. The van der Waals surface area contributed by atoms with Gasteiger partial charge >= 0.3 is 0 Å². The fourth-order valence-corrected chi connectivity index (χ4v) is 3.68. The number of benzene rings is 2. The monoisotopic (exact) mass is 419 g/mol. The quantitative estimate of drug-likeness (QED) is 0.416. The van der Waals surface area contributed by atoms with Gasteiger partial charge < -0.3 is 9.47 Å². The maximum Gasteiger partial charge on any atom is 0.204 e. The summed E-state index contributed by atoms with van der Waals surface area (Å²) in [5.74, 6) is 1.40. The van der Waals surface area contributed by atoms with Crippen molar-refractivity contribution < 1.29 is 9.47 Å². The van der Waals surface area contributed by atoms with Crippen LogP contribution in [0.1, 0.15) is 19.4 Å². The van der Waals surface area contributed by atoms with Crippen LogP contribution in [0.25, 0.3) is 10.2 Å². The van der Waals surface area contributed by atoms with Gasteiger partial charge in [-0.25, -0.2) is 4.98 Å². The Hall–Kier alpha value is -2.12. The number of fused-ring (bicyclic) bond motifs is 1. The summed E-state index contributed by atoms with van der Waals surface area (Å²) in [6.45, 7) is 5.03. The van der Waals surface area contributed by atoms with Crippen LogP contribution in [0.3, 0.4) is 0 Å². The largest absolute Gasteiger partial charge is 0.490 e. The van der Waals surface area contributed by atoms with E-state index in [0.29, 0.717) is 24.7 Å². The topological polar surface area (TPSA) is 55.7 Å². The lowest BCUT2D eigenvalue weighted by Gasteiger charge is -2.13. The summed E-state index contributed by atoms with van der Waals surface area (Å²) in [6, 6.07) is 11.8. The molecular formula is C18H18BrN3O2S. The third kappa shape index (κ3) is 4.29. The first kappa shape index (κ1) is 17.7. The van der Waals surface area contributed by atoms with Gasteiger partial charge in [0.1, 0.15) is 0 Å². The average Bonchev–Trinajstić information content (AvgIpc) is 3.01. The molecule has 0 aliphatic carbocycles. The highest BCUT2D eigenvalue weighted by atomic mass is 79.9. The molecule has 0 spiro atoms. The molecule has 3 aromatic rings. The molecule has 0 saturated carbocycles. The van der Waals surface area contributed by atoms with Crippen molar-refractivity contribution in [3.05, 3.63) is 46.4 Å². The van der Waals surface area contributed by atoms with Crippen molar-refractivity contribution in [1.29, 1.82) is 0 Å². The molecule has 1 heterocycles. The molecule has 0 radical (unpaired) electrons. The Labute approximate surface area is 158 Å². The molecule has 25 heavy (non-hydrogen) atoms. The van der Waals surface area contributed by atoms with Crippen LogP contribution in [-0.2, 0) is 0 Å². The number of hydrogen-bond acceptors (Lipinski definition) is 6. The van der Waals surface area contributed by atoms with Crippen molar-refractivity contribution in [1.82, 2.24) is 4.98 Å². The SMILES string of the molecule is CCOc1cc(/C=N\Nc2nc3ccccc3s2)cc(Br)c1OCC. The Balaban J connectivity index is 1.78. The molecule has 0 fully saturated rings. The van der Waals surface area contributed by atoms with Gasteiger partial charge in [-0.05, 0) is 59.6 Å². The van der Waals surface area contributed by atoms with Crippen molar-refractivity contribution in [2.24, 2.45) is 5.10 Å². The molecule has 2 aromatic carbocycles. The molecule has 1 N–H and O–H groups in total. The number of rotatable bonds is 7. The first-order valence-corrected chi connectivity index (χ1v) is 9.56. The van der Waals surface area contributed by atoms with E-state index in [1.165, 1.54) is 0 Å². The zero-order valence-corrected chi connectivity index (χ0v) is 16.4. The molecule has 0 unspecified atom stereocenters. The van der Waals surface area contributed by atoms with Crippen LogP contribution in [0.4, 0.5) is 5.13 Å². The number of aromatic nitrogens is 1. The maximum absolute atomic E-state index is 5.67.